The third-order valence-corrected chi connectivity index (χ3v) is 13.8. The number of nitrogens with zero attached hydrogens (tertiary/aromatic N) is 1. The number of alkyl halides is 3. The molecule has 9 atom stereocenters. The van der Waals surface area contributed by atoms with Crippen molar-refractivity contribution in [3.63, 3.8) is 0 Å². The van der Waals surface area contributed by atoms with Crippen LogP contribution in [-0.4, -0.2) is 19.3 Å². The van der Waals surface area contributed by atoms with E-state index >= 15 is 0 Å². The number of amides is 1. The molecule has 1 aromatic rings. The zero-order valence-corrected chi connectivity index (χ0v) is 25.8. The molecule has 1 heterocycles. The molecule has 4 fully saturated rings. The van der Waals surface area contributed by atoms with Crippen LogP contribution in [-0.2, 0) is 21.0 Å². The van der Waals surface area contributed by atoms with Crippen LogP contribution in [0.4, 0.5) is 13.2 Å². The van der Waals surface area contributed by atoms with Gasteiger partial charge in [-0.2, -0.15) is 13.2 Å². The van der Waals surface area contributed by atoms with E-state index in [0.29, 0.717) is 23.7 Å². The van der Waals surface area contributed by atoms with Gasteiger partial charge in [0.2, 0.25) is 5.91 Å². The Kier molecular flexibility index (Phi) is 8.36. The molecular formula is C32H47F3N2O3S. The molecule has 0 bridgehead atoms. The first-order valence-electron chi connectivity index (χ1n) is 15.8. The molecule has 0 saturated heterocycles. The average molecular weight is 597 g/mol. The molecule has 41 heavy (non-hydrogen) atoms. The standard InChI is InChI=1S/C32H47F3N2O3S/c1-5-21-19-22-25-13-12-23(31(25,4)17-15-26(22)30(3)16-7-6-9-24(21)30)20(2)11-14-28(38)37-41(39,40)27-10-8-18-36-29(27)32(33,34)35/h8,10,18,20-26H,5-7,9,11-17,19H2,1-4H3,(H,37,38)/t20-,21+,22?,23-,24+,25?,26?,30+,31-/m1/s1. The molecule has 0 radical (unpaired) electrons. The fourth-order valence-electron chi connectivity index (χ4n) is 10.6. The Balaban J connectivity index is 1.24. The highest BCUT2D eigenvalue weighted by atomic mass is 32.2. The van der Waals surface area contributed by atoms with Crippen LogP contribution in [0.15, 0.2) is 23.2 Å². The van der Waals surface area contributed by atoms with Gasteiger partial charge in [0.1, 0.15) is 4.90 Å². The Bertz CT molecular complexity index is 1240. The van der Waals surface area contributed by atoms with Crippen molar-refractivity contribution in [2.45, 2.75) is 116 Å². The third-order valence-electron chi connectivity index (χ3n) is 12.4. The molecule has 5 nitrogen and oxygen atoms in total. The number of carbonyl (C=O) groups is 1. The van der Waals surface area contributed by atoms with E-state index in [9.17, 15) is 26.4 Å². The third kappa shape index (κ3) is 5.46. The highest BCUT2D eigenvalue weighted by Crippen LogP contribution is 2.69. The lowest BCUT2D eigenvalue weighted by Gasteiger charge is -2.63. The maximum absolute atomic E-state index is 13.3. The zero-order valence-electron chi connectivity index (χ0n) is 25.0. The number of pyridine rings is 1. The Morgan fingerprint density at radius 1 is 1.07 bits per heavy atom. The summed E-state index contributed by atoms with van der Waals surface area (Å²) >= 11 is 0. The Morgan fingerprint density at radius 2 is 1.80 bits per heavy atom. The van der Waals surface area contributed by atoms with Gasteiger partial charge in [-0.3, -0.25) is 9.78 Å². The number of rotatable bonds is 7. The molecule has 1 amide bonds. The summed E-state index contributed by atoms with van der Waals surface area (Å²) in [7, 11) is -4.69. The molecule has 4 saturated carbocycles. The molecule has 1 N–H and O–H groups in total. The van der Waals surface area contributed by atoms with E-state index in [4.69, 9.17) is 0 Å². The summed E-state index contributed by atoms with van der Waals surface area (Å²) in [6.45, 7) is 9.64. The van der Waals surface area contributed by atoms with E-state index in [1.807, 2.05) is 4.72 Å². The number of sulfonamides is 1. The summed E-state index contributed by atoms with van der Waals surface area (Å²) in [5.74, 6) is 3.89. The second-order valence-electron chi connectivity index (χ2n) is 14.3. The number of hydrogen-bond donors (Lipinski definition) is 1. The van der Waals surface area contributed by atoms with Crippen molar-refractivity contribution in [1.82, 2.24) is 9.71 Å². The summed E-state index contributed by atoms with van der Waals surface area (Å²) in [5.41, 5.74) is -0.830. The molecule has 5 rings (SSSR count). The summed E-state index contributed by atoms with van der Waals surface area (Å²) < 4.78 is 67.2. The molecule has 3 unspecified atom stereocenters. The Hall–Kier alpha value is -1.64. The first kappa shape index (κ1) is 30.8. The Morgan fingerprint density at radius 3 is 2.51 bits per heavy atom. The molecule has 230 valence electrons. The monoisotopic (exact) mass is 596 g/mol. The van der Waals surface area contributed by atoms with Crippen molar-refractivity contribution in [1.29, 1.82) is 0 Å². The largest absolute Gasteiger partial charge is 0.434 e. The number of hydrogen-bond acceptors (Lipinski definition) is 4. The van der Waals surface area contributed by atoms with Crippen molar-refractivity contribution in [2.75, 3.05) is 0 Å². The van der Waals surface area contributed by atoms with E-state index < -0.39 is 32.7 Å². The molecule has 0 spiro atoms. The van der Waals surface area contributed by atoms with Crippen molar-refractivity contribution in [3.8, 4) is 0 Å². The highest BCUT2D eigenvalue weighted by Gasteiger charge is 2.61. The SMILES string of the molecule is CC[C@H]1CC2C3CC[C@H]([C@H](C)CCC(=O)NS(=O)(=O)c4cccnc4C(F)(F)F)[C@@]3(C)CCC2[C@@]2(C)CCCC[C@@H]12. The minimum absolute atomic E-state index is 0.0387. The maximum Gasteiger partial charge on any atom is 0.434 e. The second-order valence-corrected chi connectivity index (χ2v) is 15.9. The minimum atomic E-state index is -4.94. The van der Waals surface area contributed by atoms with E-state index in [-0.39, 0.29) is 17.8 Å². The minimum Gasteiger partial charge on any atom is -0.274 e. The summed E-state index contributed by atoms with van der Waals surface area (Å²) in [6, 6.07) is 1.94. The quantitative estimate of drug-likeness (QED) is 0.346. The fraction of sp³-hybridized carbons (Fsp3) is 0.812. The van der Waals surface area contributed by atoms with Gasteiger partial charge >= 0.3 is 6.18 Å². The summed E-state index contributed by atoms with van der Waals surface area (Å²) in [5, 5.41) is 0. The maximum atomic E-state index is 13.3. The van der Waals surface area contributed by atoms with Gasteiger partial charge in [-0.15, -0.1) is 0 Å². The smallest absolute Gasteiger partial charge is 0.274 e. The molecule has 0 aromatic carbocycles. The number of halogens is 3. The van der Waals surface area contributed by atoms with Crippen LogP contribution in [0, 0.1) is 52.3 Å². The number of nitrogens with one attached hydrogen (secondary N) is 1. The van der Waals surface area contributed by atoms with Crippen molar-refractivity contribution >= 4 is 15.9 Å². The molecule has 4 aliphatic carbocycles. The summed E-state index contributed by atoms with van der Waals surface area (Å²) in [4.78, 5) is 14.9. The van der Waals surface area contributed by atoms with Gasteiger partial charge in [-0.05, 0) is 116 Å². The fourth-order valence-corrected chi connectivity index (χ4v) is 11.8. The van der Waals surface area contributed by atoms with Crippen LogP contribution in [0.25, 0.3) is 0 Å². The topological polar surface area (TPSA) is 76.1 Å². The van der Waals surface area contributed by atoms with Gasteiger partial charge in [0.25, 0.3) is 10.0 Å². The Labute approximate surface area is 243 Å². The van der Waals surface area contributed by atoms with Gasteiger partial charge in [0.05, 0.1) is 0 Å². The van der Waals surface area contributed by atoms with Crippen LogP contribution in [0.3, 0.4) is 0 Å². The van der Waals surface area contributed by atoms with E-state index in [0.717, 1.165) is 48.4 Å². The normalized spacial score (nSPS) is 37.9. The zero-order chi connectivity index (χ0) is 29.8. The van der Waals surface area contributed by atoms with Crippen LogP contribution >= 0.6 is 0 Å². The van der Waals surface area contributed by atoms with Gasteiger partial charge in [-0.25, -0.2) is 13.1 Å². The lowest BCUT2D eigenvalue weighted by atomic mass is 9.42. The predicted octanol–water partition coefficient (Wildman–Crippen LogP) is 8.01. The van der Waals surface area contributed by atoms with E-state index in [1.165, 1.54) is 57.8 Å². The predicted molar refractivity (Wildman–Crippen MR) is 152 cm³/mol. The number of aromatic nitrogens is 1. The van der Waals surface area contributed by atoms with Crippen LogP contribution in [0.1, 0.15) is 110 Å². The van der Waals surface area contributed by atoms with Gasteiger partial charge in [0.15, 0.2) is 5.69 Å². The van der Waals surface area contributed by atoms with Crippen molar-refractivity contribution in [3.05, 3.63) is 24.0 Å². The second kappa shape index (κ2) is 11.1. The van der Waals surface area contributed by atoms with Gasteiger partial charge in [-0.1, -0.05) is 47.0 Å². The number of carbonyl (C=O) groups excluding carboxylic acids is 1. The molecular weight excluding hydrogens is 549 g/mol. The highest BCUT2D eigenvalue weighted by molar-refractivity contribution is 7.90. The average Bonchev–Trinajstić information content (AvgIpc) is 3.27. The molecule has 9 heteroatoms. The van der Waals surface area contributed by atoms with E-state index in [1.54, 1.807) is 0 Å². The lowest BCUT2D eigenvalue weighted by molar-refractivity contribution is -0.143. The molecule has 4 aliphatic rings. The van der Waals surface area contributed by atoms with Crippen LogP contribution in [0.5, 0.6) is 0 Å². The number of fused-ring (bicyclic) bond motifs is 5. The first-order valence-corrected chi connectivity index (χ1v) is 17.3. The van der Waals surface area contributed by atoms with E-state index in [2.05, 4.69) is 32.7 Å². The molecule has 0 aliphatic heterocycles. The summed E-state index contributed by atoms with van der Waals surface area (Å²) in [6.07, 6.45) is 9.44. The van der Waals surface area contributed by atoms with Crippen molar-refractivity contribution in [2.24, 2.45) is 52.3 Å². The lowest BCUT2D eigenvalue weighted by Crippen LogP contribution is -2.55. The van der Waals surface area contributed by atoms with Crippen LogP contribution < -0.4 is 4.72 Å². The van der Waals surface area contributed by atoms with Crippen molar-refractivity contribution < 1.29 is 26.4 Å². The first-order chi connectivity index (χ1) is 19.2. The van der Waals surface area contributed by atoms with Crippen LogP contribution in [0.2, 0.25) is 0 Å². The van der Waals surface area contributed by atoms with Gasteiger partial charge < -0.3 is 0 Å². The molecule has 1 aromatic heterocycles. The van der Waals surface area contributed by atoms with Gasteiger partial charge in [0, 0.05) is 12.6 Å².